The first-order valence-corrected chi connectivity index (χ1v) is 12.5. The summed E-state index contributed by atoms with van der Waals surface area (Å²) in [6.45, 7) is -2.29. The van der Waals surface area contributed by atoms with Crippen molar-refractivity contribution >= 4 is 64.8 Å². The van der Waals surface area contributed by atoms with Crippen LogP contribution >= 0.6 is 0 Å². The number of benzene rings is 5. The largest absolute Gasteiger partial charge is 0.256 e. The van der Waals surface area contributed by atoms with Gasteiger partial charge in [0, 0.05) is 15.7 Å². The molecule has 0 radical (unpaired) electrons. The summed E-state index contributed by atoms with van der Waals surface area (Å²) in [5.74, 6) is 0. The van der Waals surface area contributed by atoms with Crippen molar-refractivity contribution in [3.05, 3.63) is 139 Å². The molecule has 0 saturated heterocycles. The van der Waals surface area contributed by atoms with Crippen molar-refractivity contribution in [2.75, 3.05) is 0 Å². The number of aryl methyl sites for hydroxylation is 1. The van der Waals surface area contributed by atoms with Gasteiger partial charge in [-0.05, 0) is 103 Å². The summed E-state index contributed by atoms with van der Waals surface area (Å²) in [5, 5.41) is 11.3. The molecule has 6 aromatic carbocycles. The summed E-state index contributed by atoms with van der Waals surface area (Å²) in [4.78, 5) is 4.63. The first-order chi connectivity index (χ1) is 19.4. The average molecular weight is 475 g/mol. The highest BCUT2D eigenvalue weighted by Gasteiger charge is 2.01. The van der Waals surface area contributed by atoms with E-state index in [9.17, 15) is 0 Å². The molecule has 12 bridgehead atoms. The van der Waals surface area contributed by atoms with Crippen molar-refractivity contribution in [1.82, 2.24) is 4.98 Å². The maximum Gasteiger partial charge on any atom is 0.0708 e. The molecule has 0 N–H and O–H groups in total. The molecule has 7 aromatic rings. The van der Waals surface area contributed by atoms with E-state index in [0.29, 0.717) is 5.39 Å². The number of aromatic nitrogens is 1. The van der Waals surface area contributed by atoms with Crippen molar-refractivity contribution in [1.29, 1.82) is 0 Å². The number of rotatable bonds is 0. The van der Waals surface area contributed by atoms with E-state index in [-0.39, 0.29) is 5.56 Å². The lowest BCUT2D eigenvalue weighted by Crippen LogP contribution is -1.82. The van der Waals surface area contributed by atoms with Crippen LogP contribution < -0.4 is 0 Å². The molecule has 0 fully saturated rings. The fraction of sp³-hybridized carbons (Fsp3) is 0.0278. The molecule has 0 aliphatic carbocycles. The molecule has 1 aromatic heterocycles. The SMILES string of the molecule is [2H]C([2H])([2H])c1cnc2cc1c1cccc(c1)c1cccc(c1)c1cccc(c1)c1cccc(c1)c1cccc2c1. The van der Waals surface area contributed by atoms with Crippen molar-refractivity contribution in [2.24, 2.45) is 0 Å². The lowest BCUT2D eigenvalue weighted by molar-refractivity contribution is 1.36. The van der Waals surface area contributed by atoms with Gasteiger partial charge in [-0.15, -0.1) is 0 Å². The second kappa shape index (κ2) is 8.72. The third-order valence-corrected chi connectivity index (χ3v) is 7.16. The maximum absolute atomic E-state index is 8.22. The van der Waals surface area contributed by atoms with E-state index in [1.807, 2.05) is 30.3 Å². The van der Waals surface area contributed by atoms with Gasteiger partial charge in [0.15, 0.2) is 0 Å². The van der Waals surface area contributed by atoms with E-state index < -0.39 is 6.85 Å². The molecule has 0 saturated carbocycles. The Bertz CT molecular complexity index is 2210. The second-order valence-electron chi connectivity index (χ2n) is 9.52. The number of pyridine rings is 1. The smallest absolute Gasteiger partial charge is 0.0708 e. The molecule has 37 heavy (non-hydrogen) atoms. The predicted octanol–water partition coefficient (Wildman–Crippen LogP) is 10.00. The van der Waals surface area contributed by atoms with Crippen LogP contribution in [0.15, 0.2) is 134 Å². The minimum Gasteiger partial charge on any atom is -0.256 e. The highest BCUT2D eigenvalue weighted by molar-refractivity contribution is 6.01. The third kappa shape index (κ3) is 3.95. The van der Waals surface area contributed by atoms with Crippen LogP contribution in [0.4, 0.5) is 0 Å². The number of hydrogen-bond acceptors (Lipinski definition) is 1. The van der Waals surface area contributed by atoms with Gasteiger partial charge in [0.25, 0.3) is 0 Å². The highest BCUT2D eigenvalue weighted by Crippen LogP contribution is 2.26. The fourth-order valence-electron chi connectivity index (χ4n) is 5.21. The molecule has 1 heterocycles. The summed E-state index contributed by atoms with van der Waals surface area (Å²) >= 11 is 0. The van der Waals surface area contributed by atoms with E-state index in [4.69, 9.17) is 4.11 Å². The lowest BCUT2D eigenvalue weighted by Gasteiger charge is -2.04. The predicted molar refractivity (Wildman–Crippen MR) is 160 cm³/mol. The molecule has 0 amide bonds. The molecule has 0 aliphatic heterocycles. The minimum absolute atomic E-state index is 0.247. The Hall–Kier alpha value is -4.75. The van der Waals surface area contributed by atoms with Gasteiger partial charge < -0.3 is 0 Å². The first kappa shape index (κ1) is 18.5. The Morgan fingerprint density at radius 3 is 1.22 bits per heavy atom. The maximum atomic E-state index is 8.22. The van der Waals surface area contributed by atoms with Gasteiger partial charge in [-0.25, -0.2) is 0 Å². The zero-order valence-corrected chi connectivity index (χ0v) is 20.1. The van der Waals surface area contributed by atoms with Gasteiger partial charge in [0.05, 0.1) is 5.52 Å². The van der Waals surface area contributed by atoms with E-state index in [1.54, 1.807) is 0 Å². The first-order valence-electron chi connectivity index (χ1n) is 14.0. The molecule has 7 rings (SSSR count). The Morgan fingerprint density at radius 1 is 0.432 bits per heavy atom. The molecule has 1 heteroatoms. The monoisotopic (exact) mass is 474 g/mol. The van der Waals surface area contributed by atoms with Gasteiger partial charge in [0.2, 0.25) is 0 Å². The normalized spacial score (nSPS) is 12.9. The van der Waals surface area contributed by atoms with Crippen molar-refractivity contribution in [3.8, 4) is 0 Å². The number of nitrogens with zero attached hydrogens (tertiary/aromatic N) is 1. The van der Waals surface area contributed by atoms with E-state index in [2.05, 4.69) is 102 Å². The van der Waals surface area contributed by atoms with Crippen LogP contribution in [-0.4, -0.2) is 4.98 Å². The second-order valence-corrected chi connectivity index (χ2v) is 9.52. The summed E-state index contributed by atoms with van der Waals surface area (Å²) in [6, 6.07) is 44.1. The van der Waals surface area contributed by atoms with Crippen LogP contribution in [0.5, 0.6) is 0 Å². The molecular weight excluding hydrogens is 446 g/mol. The molecule has 1 nitrogen and oxygen atoms in total. The van der Waals surface area contributed by atoms with Gasteiger partial charge in [0.1, 0.15) is 0 Å². The van der Waals surface area contributed by atoms with Crippen LogP contribution in [0, 0.1) is 6.85 Å². The molecule has 0 aliphatic rings. The van der Waals surface area contributed by atoms with E-state index in [1.165, 1.54) is 6.20 Å². The summed E-state index contributed by atoms with van der Waals surface area (Å²) < 4.78 is 24.7. The standard InChI is InChI=1S/C36H25N/c1-24-23-37-36-22-35(24)33-15-5-13-31(20-33)29-11-3-9-27(18-29)25-7-2-8-26(17-25)28-10-4-12-30(19-28)32-14-6-16-34(36)21-32/h2-23H,1H3/i1D3. The fourth-order valence-corrected chi connectivity index (χ4v) is 5.21. The Balaban J connectivity index is 1.73. The third-order valence-electron chi connectivity index (χ3n) is 7.16. The number of fused-ring (bicyclic) bond motifs is 18. The van der Waals surface area contributed by atoms with Gasteiger partial charge in [-0.1, -0.05) is 91.0 Å². The van der Waals surface area contributed by atoms with Crippen molar-refractivity contribution in [3.63, 3.8) is 0 Å². The average Bonchev–Trinajstić information content (AvgIpc) is 3.00. The summed E-state index contributed by atoms with van der Waals surface area (Å²) in [5.41, 5.74) is 0.986. The highest BCUT2D eigenvalue weighted by atomic mass is 14.6. The zero-order valence-electron chi connectivity index (χ0n) is 23.1. The summed E-state index contributed by atoms with van der Waals surface area (Å²) in [6.07, 6.45) is 1.52. The molecular formula is C36H25N. The molecule has 0 atom stereocenters. The molecule has 0 spiro atoms. The van der Waals surface area contributed by atoms with Crippen molar-refractivity contribution in [2.45, 2.75) is 6.85 Å². The minimum atomic E-state index is -2.29. The van der Waals surface area contributed by atoms with Crippen LogP contribution in [-0.2, 0) is 0 Å². The van der Waals surface area contributed by atoms with Crippen LogP contribution in [0.3, 0.4) is 0 Å². The van der Waals surface area contributed by atoms with Crippen LogP contribution in [0.2, 0.25) is 0 Å². The van der Waals surface area contributed by atoms with Gasteiger partial charge in [-0.2, -0.15) is 0 Å². The molecule has 0 unspecified atom stereocenters. The van der Waals surface area contributed by atoms with Gasteiger partial charge >= 0.3 is 0 Å². The van der Waals surface area contributed by atoms with Crippen LogP contribution in [0.25, 0.3) is 64.8 Å². The number of hydrogen-bond donors (Lipinski definition) is 0. The molecule has 174 valence electrons. The van der Waals surface area contributed by atoms with Gasteiger partial charge in [-0.3, -0.25) is 4.98 Å². The Morgan fingerprint density at radius 2 is 0.784 bits per heavy atom. The Kier molecular flexibility index (Phi) is 4.36. The van der Waals surface area contributed by atoms with E-state index >= 15 is 0 Å². The lowest BCUT2D eigenvalue weighted by atomic mass is 10.0. The topological polar surface area (TPSA) is 12.9 Å². The van der Waals surface area contributed by atoms with Crippen LogP contribution in [0.1, 0.15) is 9.68 Å². The quantitative estimate of drug-likeness (QED) is 0.213. The summed E-state index contributed by atoms with van der Waals surface area (Å²) in [7, 11) is 0. The van der Waals surface area contributed by atoms with Crippen molar-refractivity contribution < 1.29 is 4.11 Å². The Labute approximate surface area is 219 Å². The zero-order chi connectivity index (χ0) is 27.3. The van der Waals surface area contributed by atoms with E-state index in [0.717, 1.165) is 59.4 Å².